The molecule has 0 spiro atoms. The Hall–Kier alpha value is -2.04. The van der Waals surface area contributed by atoms with E-state index in [4.69, 9.17) is 4.74 Å². The number of anilines is 1. The van der Waals surface area contributed by atoms with E-state index >= 15 is 0 Å². The summed E-state index contributed by atoms with van der Waals surface area (Å²) in [6.45, 7) is 4.42. The second kappa shape index (κ2) is 6.38. The zero-order valence-electron chi connectivity index (χ0n) is 12.9. The number of nitrogens with zero attached hydrogens (tertiary/aromatic N) is 1. The molecule has 5 nitrogen and oxygen atoms in total. The van der Waals surface area contributed by atoms with Crippen LogP contribution in [0.1, 0.15) is 35.7 Å². The third kappa shape index (κ3) is 2.93. The molecule has 0 atom stereocenters. The highest BCUT2D eigenvalue weighted by atomic mass is 16.5. The van der Waals surface area contributed by atoms with E-state index in [9.17, 15) is 9.59 Å². The molecule has 118 valence electrons. The van der Waals surface area contributed by atoms with Gasteiger partial charge in [0.05, 0.1) is 12.5 Å². The third-order valence-corrected chi connectivity index (χ3v) is 4.46. The molecule has 1 amide bonds. The normalized spacial score (nSPS) is 17.8. The predicted octanol–water partition coefficient (Wildman–Crippen LogP) is 2.07. The van der Waals surface area contributed by atoms with E-state index in [1.54, 1.807) is 0 Å². The molecule has 0 aliphatic carbocycles. The molecule has 0 radical (unpaired) electrons. The minimum atomic E-state index is -0.127. The van der Waals surface area contributed by atoms with Gasteiger partial charge in [0, 0.05) is 30.9 Å². The second-order valence-electron chi connectivity index (χ2n) is 5.87. The molecule has 1 aromatic carbocycles. The Balaban J connectivity index is 1.61. The van der Waals surface area contributed by atoms with Gasteiger partial charge >= 0.3 is 5.97 Å². The van der Waals surface area contributed by atoms with Crippen molar-refractivity contribution >= 4 is 17.6 Å². The number of carbonyl (C=O) groups excluding carboxylic acids is 2. The first-order chi connectivity index (χ1) is 10.7. The van der Waals surface area contributed by atoms with Gasteiger partial charge < -0.3 is 15.0 Å². The summed E-state index contributed by atoms with van der Waals surface area (Å²) in [5.74, 6) is -0.122. The van der Waals surface area contributed by atoms with Crippen LogP contribution in [0.2, 0.25) is 0 Å². The van der Waals surface area contributed by atoms with Gasteiger partial charge in [-0.15, -0.1) is 0 Å². The van der Waals surface area contributed by atoms with Gasteiger partial charge in [0.15, 0.2) is 0 Å². The Morgan fingerprint density at radius 2 is 2.09 bits per heavy atom. The largest absolute Gasteiger partial charge is 0.466 e. The highest BCUT2D eigenvalue weighted by molar-refractivity contribution is 5.95. The summed E-state index contributed by atoms with van der Waals surface area (Å²) in [6, 6.07) is 5.87. The van der Waals surface area contributed by atoms with E-state index in [1.165, 1.54) is 5.56 Å². The van der Waals surface area contributed by atoms with Gasteiger partial charge in [0.25, 0.3) is 5.91 Å². The number of likely N-dealkylation sites (tertiary alicyclic amines) is 1. The minimum absolute atomic E-state index is 0.0618. The fourth-order valence-corrected chi connectivity index (χ4v) is 3.20. The highest BCUT2D eigenvalue weighted by Crippen LogP contribution is 2.25. The molecule has 5 heteroatoms. The number of hydrogen-bond donors (Lipinski definition) is 1. The van der Waals surface area contributed by atoms with Crippen molar-refractivity contribution in [2.75, 3.05) is 31.6 Å². The SMILES string of the molecule is CCOC(=O)C1CCN(C(=O)c2ccc3c(c2)CCN3)CC1. The first kappa shape index (κ1) is 14.9. The lowest BCUT2D eigenvalue weighted by atomic mass is 9.96. The summed E-state index contributed by atoms with van der Waals surface area (Å²) in [5.41, 5.74) is 3.10. The van der Waals surface area contributed by atoms with E-state index in [0.29, 0.717) is 32.5 Å². The second-order valence-corrected chi connectivity index (χ2v) is 5.87. The molecule has 2 heterocycles. The molecule has 1 fully saturated rings. The van der Waals surface area contributed by atoms with Crippen LogP contribution in [-0.4, -0.2) is 43.0 Å². The van der Waals surface area contributed by atoms with Crippen LogP contribution in [0, 0.1) is 5.92 Å². The average Bonchev–Trinajstić information content (AvgIpc) is 3.02. The number of hydrogen-bond acceptors (Lipinski definition) is 4. The van der Waals surface area contributed by atoms with E-state index in [1.807, 2.05) is 30.0 Å². The van der Waals surface area contributed by atoms with E-state index in [-0.39, 0.29) is 17.8 Å². The maximum atomic E-state index is 12.6. The van der Waals surface area contributed by atoms with Gasteiger partial charge in [-0.1, -0.05) is 0 Å². The van der Waals surface area contributed by atoms with Crippen LogP contribution >= 0.6 is 0 Å². The lowest BCUT2D eigenvalue weighted by Gasteiger charge is -2.31. The van der Waals surface area contributed by atoms with Gasteiger partial charge in [-0.2, -0.15) is 0 Å². The molecule has 0 unspecified atom stereocenters. The Morgan fingerprint density at radius 1 is 1.32 bits per heavy atom. The lowest BCUT2D eigenvalue weighted by molar-refractivity contribution is -0.149. The van der Waals surface area contributed by atoms with Crippen LogP contribution in [0.4, 0.5) is 5.69 Å². The topological polar surface area (TPSA) is 58.6 Å². The Morgan fingerprint density at radius 3 is 2.82 bits per heavy atom. The summed E-state index contributed by atoms with van der Waals surface area (Å²) in [7, 11) is 0. The summed E-state index contributed by atoms with van der Waals surface area (Å²) < 4.78 is 5.06. The molecule has 0 saturated carbocycles. The molecular weight excluding hydrogens is 280 g/mol. The number of piperidine rings is 1. The molecular formula is C17H22N2O3. The van der Waals surface area contributed by atoms with Gasteiger partial charge in [-0.05, 0) is 49.9 Å². The lowest BCUT2D eigenvalue weighted by Crippen LogP contribution is -2.40. The van der Waals surface area contributed by atoms with Gasteiger partial charge in [-0.25, -0.2) is 0 Å². The highest BCUT2D eigenvalue weighted by Gasteiger charge is 2.28. The van der Waals surface area contributed by atoms with E-state index in [2.05, 4.69) is 5.32 Å². The first-order valence-electron chi connectivity index (χ1n) is 8.01. The summed E-state index contributed by atoms with van der Waals surface area (Å²) in [5, 5.41) is 3.30. The average molecular weight is 302 g/mol. The number of benzene rings is 1. The van der Waals surface area contributed by atoms with E-state index < -0.39 is 0 Å². The molecule has 2 aliphatic heterocycles. The smallest absolute Gasteiger partial charge is 0.309 e. The van der Waals surface area contributed by atoms with Crippen molar-refractivity contribution in [3.05, 3.63) is 29.3 Å². The van der Waals surface area contributed by atoms with Crippen molar-refractivity contribution in [1.82, 2.24) is 4.90 Å². The van der Waals surface area contributed by atoms with E-state index in [0.717, 1.165) is 24.2 Å². The number of amides is 1. The molecule has 1 N–H and O–H groups in total. The predicted molar refractivity (Wildman–Crippen MR) is 83.9 cm³/mol. The zero-order valence-corrected chi connectivity index (χ0v) is 12.9. The summed E-state index contributed by atoms with van der Waals surface area (Å²) >= 11 is 0. The minimum Gasteiger partial charge on any atom is -0.466 e. The Labute approximate surface area is 130 Å². The monoisotopic (exact) mass is 302 g/mol. The third-order valence-electron chi connectivity index (χ3n) is 4.46. The molecule has 2 aliphatic rings. The Bertz CT molecular complexity index is 577. The first-order valence-corrected chi connectivity index (χ1v) is 8.01. The molecule has 0 aromatic heterocycles. The van der Waals surface area contributed by atoms with Crippen molar-refractivity contribution in [2.45, 2.75) is 26.2 Å². The number of nitrogens with one attached hydrogen (secondary N) is 1. The number of esters is 1. The standard InChI is InChI=1S/C17H22N2O3/c1-2-22-17(21)12-6-9-19(10-7-12)16(20)14-3-4-15-13(11-14)5-8-18-15/h3-4,11-12,18H,2,5-10H2,1H3. The molecule has 22 heavy (non-hydrogen) atoms. The number of carbonyl (C=O) groups is 2. The van der Waals surface area contributed by atoms with Crippen LogP contribution in [0.15, 0.2) is 18.2 Å². The molecule has 1 saturated heterocycles. The van der Waals surface area contributed by atoms with Gasteiger partial charge in [0.2, 0.25) is 0 Å². The maximum absolute atomic E-state index is 12.6. The zero-order chi connectivity index (χ0) is 15.5. The fraction of sp³-hybridized carbons (Fsp3) is 0.529. The van der Waals surface area contributed by atoms with Crippen LogP contribution < -0.4 is 5.32 Å². The van der Waals surface area contributed by atoms with Crippen LogP contribution in [0.3, 0.4) is 0 Å². The van der Waals surface area contributed by atoms with Gasteiger partial charge in [-0.3, -0.25) is 9.59 Å². The molecule has 0 bridgehead atoms. The van der Waals surface area contributed by atoms with Crippen molar-refractivity contribution in [3.8, 4) is 0 Å². The van der Waals surface area contributed by atoms with Crippen molar-refractivity contribution in [3.63, 3.8) is 0 Å². The van der Waals surface area contributed by atoms with Crippen molar-refractivity contribution in [1.29, 1.82) is 0 Å². The summed E-state index contributed by atoms with van der Waals surface area (Å²) in [4.78, 5) is 26.2. The van der Waals surface area contributed by atoms with Crippen LogP contribution in [-0.2, 0) is 16.0 Å². The number of fused-ring (bicyclic) bond motifs is 1. The number of ether oxygens (including phenoxy) is 1. The van der Waals surface area contributed by atoms with Gasteiger partial charge in [0.1, 0.15) is 0 Å². The van der Waals surface area contributed by atoms with Crippen molar-refractivity contribution in [2.24, 2.45) is 5.92 Å². The van der Waals surface area contributed by atoms with Crippen LogP contribution in [0.25, 0.3) is 0 Å². The molecule has 1 aromatic rings. The van der Waals surface area contributed by atoms with Crippen LogP contribution in [0.5, 0.6) is 0 Å². The Kier molecular flexibility index (Phi) is 4.32. The maximum Gasteiger partial charge on any atom is 0.309 e. The quantitative estimate of drug-likeness (QED) is 0.868. The fourth-order valence-electron chi connectivity index (χ4n) is 3.20. The van der Waals surface area contributed by atoms with Crippen molar-refractivity contribution < 1.29 is 14.3 Å². The number of rotatable bonds is 3. The summed E-state index contributed by atoms with van der Waals surface area (Å²) in [6.07, 6.45) is 2.36. The molecule has 3 rings (SSSR count).